The molecular weight excluding hydrogens is 815 g/mol. The van der Waals surface area contributed by atoms with Crippen molar-refractivity contribution in [3.05, 3.63) is 67.8 Å². The van der Waals surface area contributed by atoms with Crippen LogP contribution in [0.3, 0.4) is 0 Å². The first-order valence-corrected chi connectivity index (χ1v) is 19.5. The van der Waals surface area contributed by atoms with Gasteiger partial charge in [-0.25, -0.2) is 4.90 Å². The summed E-state index contributed by atoms with van der Waals surface area (Å²) in [4.78, 5) is 61.6. The third-order valence-electron chi connectivity index (χ3n) is 11.8. The van der Waals surface area contributed by atoms with E-state index in [1.807, 2.05) is 87.6 Å². The maximum Gasteiger partial charge on any atom is 0.242 e. The van der Waals surface area contributed by atoms with E-state index in [4.69, 9.17) is 21.4 Å². The molecule has 6 unspecified atom stereocenters. The highest BCUT2D eigenvalue weighted by atomic mass is 127. The van der Waals surface area contributed by atoms with Crippen molar-refractivity contribution in [2.24, 2.45) is 36.1 Å². The van der Waals surface area contributed by atoms with E-state index in [9.17, 15) is 19.5 Å². The molecule has 13 heteroatoms. The fraction of sp³-hybridized carbons (Fsp3) is 0.410. The van der Waals surface area contributed by atoms with Crippen molar-refractivity contribution in [1.29, 1.82) is 0 Å². The number of carbonyl (C=O) groups excluding carboxylic acids is 4. The second kappa shape index (κ2) is 11.9. The highest BCUT2D eigenvalue weighted by Crippen LogP contribution is 2.64. The number of ether oxygens (including phenoxy) is 1. The lowest BCUT2D eigenvalue weighted by atomic mass is 9.51. The van der Waals surface area contributed by atoms with Crippen LogP contribution in [0.4, 0.5) is 5.82 Å². The Balaban J connectivity index is 1.27. The number of thiophene rings is 1. The van der Waals surface area contributed by atoms with Gasteiger partial charge < -0.3 is 9.84 Å². The predicted molar refractivity (Wildman–Crippen MR) is 207 cm³/mol. The number of nitrogens with zero attached hydrogens (tertiary/aromatic N) is 4. The van der Waals surface area contributed by atoms with E-state index < -0.39 is 40.5 Å². The van der Waals surface area contributed by atoms with Crippen LogP contribution in [0.1, 0.15) is 57.6 Å². The molecule has 2 aliphatic carbocycles. The minimum atomic E-state index is -1.26. The van der Waals surface area contributed by atoms with E-state index in [0.29, 0.717) is 32.1 Å². The summed E-state index contributed by atoms with van der Waals surface area (Å²) in [5.74, 6) is -3.66. The standard InChI is InChI=1S/C39H38ClIN4O6S/c1-17-22-14-19(40)8-11-28(22)52-33(17)26-16-29(43(6)42-26)44-35(48)24-15-23-20(9-10-21-30(23)36(49)45(34(21)47)38(2,3)4)31(39(24,5)37(44)50)18-12-25(41)32(46)27(13-18)51-7/h8-9,11-14,16,21,23-24,30-31,46H,10,15H2,1-7H3. The topological polar surface area (TPSA) is 122 Å². The summed E-state index contributed by atoms with van der Waals surface area (Å²) in [6.45, 7) is 9.42. The molecule has 0 spiro atoms. The smallest absolute Gasteiger partial charge is 0.242 e. The van der Waals surface area contributed by atoms with Crippen LogP contribution in [0.15, 0.2) is 48.0 Å². The van der Waals surface area contributed by atoms with Crippen LogP contribution in [0.25, 0.3) is 20.7 Å². The van der Waals surface area contributed by atoms with Crippen LogP contribution < -0.4 is 9.64 Å². The van der Waals surface area contributed by atoms with E-state index >= 15 is 4.79 Å². The number of phenolic OH excluding ortho intramolecular Hbond substituents is 1. The average molecular weight is 853 g/mol. The van der Waals surface area contributed by atoms with Crippen molar-refractivity contribution in [3.63, 3.8) is 0 Å². The van der Waals surface area contributed by atoms with Gasteiger partial charge in [-0.1, -0.05) is 23.3 Å². The van der Waals surface area contributed by atoms with Crippen LogP contribution in [0.5, 0.6) is 11.5 Å². The number of hydrogen-bond acceptors (Lipinski definition) is 8. The highest BCUT2D eigenvalue weighted by Gasteiger charge is 2.68. The molecule has 4 aliphatic rings. The van der Waals surface area contributed by atoms with Gasteiger partial charge in [-0.3, -0.25) is 28.8 Å². The first-order valence-electron chi connectivity index (χ1n) is 17.2. The van der Waals surface area contributed by atoms with Gasteiger partial charge in [-0.05, 0) is 123 Å². The van der Waals surface area contributed by atoms with Gasteiger partial charge in [0.15, 0.2) is 11.5 Å². The van der Waals surface area contributed by atoms with Crippen LogP contribution in [-0.2, 0) is 26.2 Å². The third-order valence-corrected chi connectivity index (χ3v) is 14.1. The summed E-state index contributed by atoms with van der Waals surface area (Å²) in [6.07, 6.45) is 2.62. The number of aromatic hydroxyl groups is 1. The van der Waals surface area contributed by atoms with Gasteiger partial charge in [-0.15, -0.1) is 11.3 Å². The van der Waals surface area contributed by atoms with Crippen molar-refractivity contribution in [2.45, 2.75) is 58.9 Å². The molecule has 270 valence electrons. The molecule has 0 radical (unpaired) electrons. The number of fused-ring (bicyclic) bond motifs is 5. The summed E-state index contributed by atoms with van der Waals surface area (Å²) in [5.41, 5.74) is 1.24. The lowest BCUT2D eigenvalue weighted by molar-refractivity contribution is -0.145. The van der Waals surface area contributed by atoms with E-state index in [2.05, 4.69) is 0 Å². The summed E-state index contributed by atoms with van der Waals surface area (Å²) >= 11 is 9.93. The second-order valence-corrected chi connectivity index (χ2v) is 18.3. The predicted octanol–water partition coefficient (Wildman–Crippen LogP) is 7.61. The second-order valence-electron chi connectivity index (χ2n) is 15.6. The number of rotatable bonds is 4. The lowest BCUT2D eigenvalue weighted by Gasteiger charge is -2.49. The summed E-state index contributed by atoms with van der Waals surface area (Å²) < 4.78 is 8.72. The number of carbonyl (C=O) groups is 4. The highest BCUT2D eigenvalue weighted by molar-refractivity contribution is 14.1. The lowest BCUT2D eigenvalue weighted by Crippen LogP contribution is -2.49. The van der Waals surface area contributed by atoms with Crippen molar-refractivity contribution in [1.82, 2.24) is 14.7 Å². The quantitative estimate of drug-likeness (QED) is 0.128. The van der Waals surface area contributed by atoms with Crippen molar-refractivity contribution in [2.75, 3.05) is 12.0 Å². The normalized spacial score (nSPS) is 27.3. The Morgan fingerprint density at radius 3 is 2.48 bits per heavy atom. The Labute approximate surface area is 323 Å². The molecule has 10 nitrogen and oxygen atoms in total. The number of allylic oxidation sites excluding steroid dienone is 2. The van der Waals surface area contributed by atoms with E-state index in [0.717, 1.165) is 26.1 Å². The minimum absolute atomic E-state index is 0.0207. The molecule has 0 bridgehead atoms. The molecule has 2 aliphatic heterocycles. The van der Waals surface area contributed by atoms with Crippen molar-refractivity contribution >= 4 is 85.1 Å². The van der Waals surface area contributed by atoms with Crippen molar-refractivity contribution in [3.8, 4) is 22.1 Å². The molecule has 1 saturated carbocycles. The number of benzene rings is 2. The number of phenols is 1. The van der Waals surface area contributed by atoms with E-state index in [-0.39, 0.29) is 41.5 Å². The van der Waals surface area contributed by atoms with Gasteiger partial charge in [0.1, 0.15) is 11.5 Å². The first-order chi connectivity index (χ1) is 24.5. The molecule has 1 N–H and O–H groups in total. The van der Waals surface area contributed by atoms with Gasteiger partial charge in [-0.2, -0.15) is 5.10 Å². The SMILES string of the molecule is COc1cc(C2C3=CCC4C(=O)N(C(C)(C)C)C(=O)C4C3CC3C(=O)N(c4cc(-c5sc6ccc(Cl)cc6c5C)nn4C)C(=O)C32C)cc(I)c1O. The zero-order chi connectivity index (χ0) is 37.3. The maximum absolute atomic E-state index is 15.1. The van der Waals surface area contributed by atoms with Gasteiger partial charge in [0, 0.05) is 34.3 Å². The van der Waals surface area contributed by atoms with Gasteiger partial charge in [0.05, 0.1) is 38.7 Å². The Kier molecular flexibility index (Phi) is 8.06. The molecule has 4 aromatic rings. The minimum Gasteiger partial charge on any atom is -0.504 e. The number of amides is 4. The Morgan fingerprint density at radius 1 is 1.06 bits per heavy atom. The van der Waals surface area contributed by atoms with Crippen LogP contribution in [0.2, 0.25) is 5.02 Å². The molecular formula is C39H38ClIN4O6S. The van der Waals surface area contributed by atoms with E-state index in [1.54, 1.807) is 35.2 Å². The number of likely N-dealkylation sites (tertiary alicyclic amines) is 1. The molecule has 4 amide bonds. The van der Waals surface area contributed by atoms with Gasteiger partial charge in [0.2, 0.25) is 23.6 Å². The number of aryl methyl sites for hydroxylation is 2. The zero-order valence-corrected chi connectivity index (χ0v) is 33.5. The molecule has 8 rings (SSSR count). The maximum atomic E-state index is 15.1. The molecule has 4 heterocycles. The molecule has 6 atom stereocenters. The van der Waals surface area contributed by atoms with Gasteiger partial charge in [0.25, 0.3) is 0 Å². The van der Waals surface area contributed by atoms with Crippen LogP contribution in [-0.4, -0.2) is 56.1 Å². The zero-order valence-electron chi connectivity index (χ0n) is 29.8. The molecule has 2 saturated heterocycles. The van der Waals surface area contributed by atoms with E-state index in [1.165, 1.54) is 16.9 Å². The number of halogens is 2. The number of hydrogen-bond donors (Lipinski definition) is 1. The molecule has 2 aromatic carbocycles. The molecule has 2 aromatic heterocycles. The largest absolute Gasteiger partial charge is 0.504 e. The number of imide groups is 2. The fourth-order valence-electron chi connectivity index (χ4n) is 9.41. The molecule has 3 fully saturated rings. The van der Waals surface area contributed by atoms with Crippen LogP contribution in [0, 0.1) is 39.6 Å². The fourth-order valence-corrected chi connectivity index (χ4v) is 11.3. The summed E-state index contributed by atoms with van der Waals surface area (Å²) in [6, 6.07) is 11.1. The Morgan fingerprint density at radius 2 is 1.79 bits per heavy atom. The monoisotopic (exact) mass is 852 g/mol. The van der Waals surface area contributed by atoms with Crippen LogP contribution >= 0.6 is 45.5 Å². The summed E-state index contributed by atoms with van der Waals surface area (Å²) in [7, 11) is 3.20. The Hall–Kier alpha value is -3.75. The van der Waals surface area contributed by atoms with Crippen molar-refractivity contribution < 1.29 is 29.0 Å². The average Bonchev–Trinajstić information content (AvgIpc) is 3.75. The number of aromatic nitrogens is 2. The first kappa shape index (κ1) is 35.3. The van der Waals surface area contributed by atoms with Gasteiger partial charge >= 0.3 is 0 Å². The summed E-state index contributed by atoms with van der Waals surface area (Å²) in [5, 5.41) is 17.3. The third kappa shape index (κ3) is 4.81. The Bertz CT molecular complexity index is 2310. The number of anilines is 1. The number of methoxy groups -OCH3 is 1. The molecule has 52 heavy (non-hydrogen) atoms.